The summed E-state index contributed by atoms with van der Waals surface area (Å²) in [5.74, 6) is 0.574. The van der Waals surface area contributed by atoms with Crippen molar-refractivity contribution in [2.24, 2.45) is 5.10 Å². The molecule has 2 aromatic rings. The fourth-order valence-corrected chi connectivity index (χ4v) is 3.46. The molecule has 8 heteroatoms. The van der Waals surface area contributed by atoms with E-state index >= 15 is 0 Å². The summed E-state index contributed by atoms with van der Waals surface area (Å²) in [7, 11) is 0. The third kappa shape index (κ3) is 5.01. The first-order valence-corrected chi connectivity index (χ1v) is 10.2. The summed E-state index contributed by atoms with van der Waals surface area (Å²) in [6.45, 7) is 3.76. The van der Waals surface area contributed by atoms with Crippen molar-refractivity contribution in [3.63, 3.8) is 0 Å². The first kappa shape index (κ1) is 20.0. The molecular weight excluding hydrogens is 382 g/mol. The normalized spacial score (nSPS) is 16.9. The Hall–Kier alpha value is -3.26. The van der Waals surface area contributed by atoms with E-state index in [1.807, 2.05) is 42.5 Å². The minimum Gasteiger partial charge on any atom is -0.378 e. The number of nitrogens with zero attached hydrogens (tertiary/aromatic N) is 4. The number of rotatable bonds is 6. The average molecular weight is 407 g/mol. The molecule has 1 fully saturated rings. The molecule has 1 saturated heterocycles. The van der Waals surface area contributed by atoms with Crippen LogP contribution in [0.4, 0.5) is 5.82 Å². The second-order valence-electron chi connectivity index (χ2n) is 7.29. The molecule has 0 aliphatic carbocycles. The van der Waals surface area contributed by atoms with Crippen molar-refractivity contribution in [1.29, 1.82) is 0 Å². The Balaban J connectivity index is 1.37. The Labute approximate surface area is 175 Å². The third-order valence-electron chi connectivity index (χ3n) is 5.14. The van der Waals surface area contributed by atoms with E-state index in [-0.39, 0.29) is 18.2 Å². The standard InChI is InChI=1S/C22H25N5O3/c28-21-7-6-19(25-27(21)16-17-4-2-1-3-5-17)22(29)24-15-18-8-9-23-20(14-18)26-10-12-30-13-11-26/h1-5,8-9,14H,6-7,10-13,15-16H2,(H,24,29). The number of amides is 2. The predicted molar refractivity (Wildman–Crippen MR) is 113 cm³/mol. The quantitative estimate of drug-likeness (QED) is 0.788. The molecule has 8 nitrogen and oxygen atoms in total. The largest absolute Gasteiger partial charge is 0.378 e. The Morgan fingerprint density at radius 1 is 1.07 bits per heavy atom. The van der Waals surface area contributed by atoms with E-state index in [4.69, 9.17) is 4.74 Å². The molecule has 2 aliphatic heterocycles. The molecule has 0 spiro atoms. The number of ether oxygens (including phenoxy) is 1. The van der Waals surface area contributed by atoms with Crippen LogP contribution in [0.5, 0.6) is 0 Å². The number of nitrogens with one attached hydrogen (secondary N) is 1. The van der Waals surface area contributed by atoms with E-state index in [0.29, 0.717) is 38.4 Å². The average Bonchev–Trinajstić information content (AvgIpc) is 2.80. The Morgan fingerprint density at radius 2 is 1.87 bits per heavy atom. The predicted octanol–water partition coefficient (Wildman–Crippen LogP) is 1.71. The van der Waals surface area contributed by atoms with Crippen LogP contribution >= 0.6 is 0 Å². The number of hydrazone groups is 1. The zero-order valence-corrected chi connectivity index (χ0v) is 16.8. The third-order valence-corrected chi connectivity index (χ3v) is 5.14. The number of carbonyl (C=O) groups is 2. The maximum atomic E-state index is 12.6. The van der Waals surface area contributed by atoms with E-state index in [2.05, 4.69) is 20.3 Å². The van der Waals surface area contributed by atoms with Crippen LogP contribution in [0, 0.1) is 0 Å². The molecule has 0 radical (unpaired) electrons. The molecule has 4 rings (SSSR count). The first-order valence-electron chi connectivity index (χ1n) is 10.2. The van der Waals surface area contributed by atoms with Gasteiger partial charge in [0.05, 0.1) is 19.8 Å². The summed E-state index contributed by atoms with van der Waals surface area (Å²) in [4.78, 5) is 31.4. The van der Waals surface area contributed by atoms with E-state index in [1.165, 1.54) is 5.01 Å². The molecule has 0 saturated carbocycles. The molecule has 30 heavy (non-hydrogen) atoms. The van der Waals surface area contributed by atoms with Gasteiger partial charge in [-0.15, -0.1) is 0 Å². The van der Waals surface area contributed by atoms with E-state index in [9.17, 15) is 9.59 Å². The summed E-state index contributed by atoms with van der Waals surface area (Å²) in [5, 5.41) is 8.62. The molecule has 0 atom stereocenters. The summed E-state index contributed by atoms with van der Waals surface area (Å²) in [6, 6.07) is 13.5. The molecule has 156 valence electrons. The molecule has 1 N–H and O–H groups in total. The van der Waals surface area contributed by atoms with Gasteiger partial charge in [0.1, 0.15) is 11.5 Å². The molecule has 2 amide bonds. The highest BCUT2D eigenvalue weighted by Crippen LogP contribution is 2.16. The van der Waals surface area contributed by atoms with Gasteiger partial charge in [-0.05, 0) is 23.3 Å². The van der Waals surface area contributed by atoms with Crippen molar-refractivity contribution in [3.05, 3.63) is 59.8 Å². The Morgan fingerprint density at radius 3 is 2.67 bits per heavy atom. The van der Waals surface area contributed by atoms with Crippen molar-refractivity contribution in [2.45, 2.75) is 25.9 Å². The summed E-state index contributed by atoms with van der Waals surface area (Å²) in [5.41, 5.74) is 2.32. The van der Waals surface area contributed by atoms with Crippen molar-refractivity contribution in [3.8, 4) is 0 Å². The van der Waals surface area contributed by atoms with Crippen molar-refractivity contribution in [2.75, 3.05) is 31.2 Å². The van der Waals surface area contributed by atoms with Gasteiger partial charge in [0.25, 0.3) is 5.91 Å². The zero-order valence-electron chi connectivity index (χ0n) is 16.8. The smallest absolute Gasteiger partial charge is 0.267 e. The Bertz CT molecular complexity index is 925. The van der Waals surface area contributed by atoms with Crippen LogP contribution < -0.4 is 10.2 Å². The SMILES string of the molecule is O=C(NCc1ccnc(N2CCOCC2)c1)C1=NN(Cc2ccccc2)C(=O)CC1. The van der Waals surface area contributed by atoms with E-state index in [1.54, 1.807) is 6.20 Å². The van der Waals surface area contributed by atoms with Crippen molar-refractivity contribution < 1.29 is 14.3 Å². The minimum atomic E-state index is -0.245. The van der Waals surface area contributed by atoms with Gasteiger partial charge in [0.15, 0.2) is 0 Å². The molecule has 3 heterocycles. The van der Waals surface area contributed by atoms with Gasteiger partial charge < -0.3 is 15.0 Å². The maximum Gasteiger partial charge on any atom is 0.267 e. The van der Waals surface area contributed by atoms with Crippen LogP contribution in [0.15, 0.2) is 53.8 Å². The monoisotopic (exact) mass is 407 g/mol. The number of carbonyl (C=O) groups excluding carboxylic acids is 2. The molecule has 2 aliphatic rings. The lowest BCUT2D eigenvalue weighted by molar-refractivity contribution is -0.132. The lowest BCUT2D eigenvalue weighted by atomic mass is 10.1. The Kier molecular flexibility index (Phi) is 6.34. The number of morpholine rings is 1. The molecule has 0 unspecified atom stereocenters. The topological polar surface area (TPSA) is 87.1 Å². The van der Waals surface area contributed by atoms with E-state index in [0.717, 1.165) is 30.0 Å². The number of hydrogen-bond acceptors (Lipinski definition) is 6. The van der Waals surface area contributed by atoms with Crippen LogP contribution in [-0.4, -0.2) is 53.8 Å². The first-order chi connectivity index (χ1) is 14.7. The minimum absolute atomic E-state index is 0.0697. The van der Waals surface area contributed by atoms with Crippen LogP contribution in [0.3, 0.4) is 0 Å². The molecule has 0 bridgehead atoms. The molecule has 1 aromatic carbocycles. The van der Waals surface area contributed by atoms with E-state index < -0.39 is 0 Å². The highest BCUT2D eigenvalue weighted by molar-refractivity contribution is 6.39. The van der Waals surface area contributed by atoms with Gasteiger partial charge >= 0.3 is 0 Å². The summed E-state index contributed by atoms with van der Waals surface area (Å²) < 4.78 is 5.38. The van der Waals surface area contributed by atoms with Gasteiger partial charge in [-0.25, -0.2) is 9.99 Å². The second-order valence-corrected chi connectivity index (χ2v) is 7.29. The van der Waals surface area contributed by atoms with Crippen molar-refractivity contribution >= 4 is 23.3 Å². The van der Waals surface area contributed by atoms with Gasteiger partial charge in [0, 0.05) is 38.7 Å². The number of hydrogen-bond donors (Lipinski definition) is 1. The van der Waals surface area contributed by atoms with Crippen LogP contribution in [0.25, 0.3) is 0 Å². The van der Waals surface area contributed by atoms with Gasteiger partial charge in [0.2, 0.25) is 5.91 Å². The zero-order chi connectivity index (χ0) is 20.8. The number of anilines is 1. The molecular formula is C22H25N5O3. The number of benzene rings is 1. The lowest BCUT2D eigenvalue weighted by Gasteiger charge is -2.28. The second kappa shape index (κ2) is 9.49. The molecule has 1 aromatic heterocycles. The summed E-state index contributed by atoms with van der Waals surface area (Å²) in [6.07, 6.45) is 2.39. The summed E-state index contributed by atoms with van der Waals surface area (Å²) >= 11 is 0. The van der Waals surface area contributed by atoms with Crippen LogP contribution in [0.2, 0.25) is 0 Å². The highest BCUT2D eigenvalue weighted by Gasteiger charge is 2.24. The number of pyridine rings is 1. The highest BCUT2D eigenvalue weighted by atomic mass is 16.5. The van der Waals surface area contributed by atoms with Gasteiger partial charge in [-0.2, -0.15) is 5.10 Å². The van der Waals surface area contributed by atoms with Gasteiger partial charge in [-0.1, -0.05) is 30.3 Å². The van der Waals surface area contributed by atoms with Crippen LogP contribution in [0.1, 0.15) is 24.0 Å². The fraction of sp³-hybridized carbons (Fsp3) is 0.364. The lowest BCUT2D eigenvalue weighted by Crippen LogP contribution is -2.38. The van der Waals surface area contributed by atoms with Gasteiger partial charge in [-0.3, -0.25) is 9.59 Å². The van der Waals surface area contributed by atoms with Crippen molar-refractivity contribution in [1.82, 2.24) is 15.3 Å². The number of aromatic nitrogens is 1. The maximum absolute atomic E-state index is 12.6. The van der Waals surface area contributed by atoms with Crippen LogP contribution in [-0.2, 0) is 27.4 Å². The fourth-order valence-electron chi connectivity index (χ4n) is 3.46.